The lowest BCUT2D eigenvalue weighted by molar-refractivity contribution is -0.243. The molecule has 8 unspecified atom stereocenters. The Kier molecular flexibility index (Phi) is 12.3. The topological polar surface area (TPSA) is 208 Å². The van der Waals surface area contributed by atoms with Crippen LogP contribution in [0.3, 0.4) is 0 Å². The Bertz CT molecular complexity index is 1920. The van der Waals surface area contributed by atoms with Crippen LogP contribution in [-0.4, -0.2) is 114 Å². The minimum Gasteiger partial charge on any atom is -0.481 e. The Hall–Kier alpha value is -2.56. The molecular weight excluding hydrogens is 917 g/mol. The van der Waals surface area contributed by atoms with E-state index in [-0.39, 0.29) is 60.8 Å². The Balaban J connectivity index is 0.000000116. The summed E-state index contributed by atoms with van der Waals surface area (Å²) in [5.74, 6) is -3.26. The van der Waals surface area contributed by atoms with E-state index >= 15 is 0 Å². The average molecular weight is 997 g/mol. The maximum Gasteiger partial charge on any atom is 0.308 e. The van der Waals surface area contributed by atoms with Crippen LogP contribution in [0.2, 0.25) is 0 Å². The summed E-state index contributed by atoms with van der Waals surface area (Å²) in [7, 11) is 2.75. The molecule has 16 aliphatic rings. The second-order valence-corrected chi connectivity index (χ2v) is 27.6. The van der Waals surface area contributed by atoms with E-state index in [0.717, 1.165) is 44.9 Å². The molecule has 16 bridgehead atoms. The quantitative estimate of drug-likeness (QED) is 0.0998. The number of aliphatic carboxylic acids is 2. The molecule has 0 spiro atoms. The summed E-state index contributed by atoms with van der Waals surface area (Å²) in [6.07, 6.45) is 12.6. The molecule has 16 fully saturated rings. The number of esters is 2. The fraction of sp³-hybridized carbons (Fsp3) is 0.926. The monoisotopic (exact) mass is 997 g/mol. The van der Waals surface area contributed by atoms with Crippen molar-refractivity contribution in [1.82, 2.24) is 0 Å². The number of carboxylic acids is 2. The first-order valence-electron chi connectivity index (χ1n) is 26.4. The standard InChI is InChI=1S/C14H20F2O2.C14H22O4.C13H18F2O2.C13H20O4/c1-9(11(17)18-2)12-3-10-4-13(15,6-12)8-14(16,5-10)7-12;1-9(11(15)18-2)12-3-10-4-13(16,6-12)8-14(17,5-10)7-12;1-8(10(16)17)11-2-9-3-12(14,5-11)7-13(15,4-9)6-11;1-8(10(14)15)11-2-9-3-12(16,5-11)7-13(17,4-9)6-11/h9-10H,3-8H2,1-2H3;9-10,16-17H,3-8H2,1-2H3;8-9H,2-7H2,1H3,(H,16,17);8-9,16-17H,2-7H2,1H3,(H,14,15)/t2*9-,10?,12?,13?,14?;2*8-,9?,11?,12?,13?/m1111/s1. The minimum atomic E-state index is -1.45. The van der Waals surface area contributed by atoms with Crippen molar-refractivity contribution >= 4 is 23.9 Å². The third-order valence-corrected chi connectivity index (χ3v) is 21.6. The van der Waals surface area contributed by atoms with Gasteiger partial charge in [0.05, 0.1) is 60.3 Å². The van der Waals surface area contributed by atoms with E-state index in [2.05, 4.69) is 0 Å². The Morgan fingerprint density at radius 1 is 0.371 bits per heavy atom. The van der Waals surface area contributed by atoms with Crippen molar-refractivity contribution in [1.29, 1.82) is 0 Å². The van der Waals surface area contributed by atoms with Gasteiger partial charge in [0.1, 0.15) is 22.7 Å². The van der Waals surface area contributed by atoms with Crippen molar-refractivity contribution in [3.8, 4) is 0 Å². The lowest BCUT2D eigenvalue weighted by Gasteiger charge is -2.64. The number of carbonyl (C=O) groups excluding carboxylic acids is 2. The first-order valence-corrected chi connectivity index (χ1v) is 26.4. The molecule has 396 valence electrons. The number of carbonyl (C=O) groups is 4. The molecule has 0 aliphatic heterocycles. The van der Waals surface area contributed by atoms with Crippen LogP contribution in [0.4, 0.5) is 17.6 Å². The highest BCUT2D eigenvalue weighted by molar-refractivity contribution is 5.74. The highest BCUT2D eigenvalue weighted by Crippen LogP contribution is 2.70. The molecule has 0 saturated heterocycles. The molecule has 0 aromatic carbocycles. The van der Waals surface area contributed by atoms with Crippen molar-refractivity contribution < 1.29 is 76.9 Å². The largest absolute Gasteiger partial charge is 0.481 e. The predicted octanol–water partition coefficient (Wildman–Crippen LogP) is 8.70. The van der Waals surface area contributed by atoms with Crippen molar-refractivity contribution in [2.45, 2.75) is 227 Å². The lowest BCUT2D eigenvalue weighted by Crippen LogP contribution is -2.65. The number of rotatable bonds is 8. The zero-order valence-electron chi connectivity index (χ0n) is 42.2. The van der Waals surface area contributed by atoms with Crippen molar-refractivity contribution in [3.63, 3.8) is 0 Å². The van der Waals surface area contributed by atoms with E-state index < -0.39 is 91.0 Å². The van der Waals surface area contributed by atoms with Gasteiger partial charge in [-0.15, -0.1) is 0 Å². The number of aliphatic hydroxyl groups is 4. The third kappa shape index (κ3) is 9.03. The van der Waals surface area contributed by atoms with E-state index in [1.165, 1.54) is 14.2 Å². The van der Waals surface area contributed by atoms with E-state index in [9.17, 15) is 62.3 Å². The summed E-state index contributed by atoms with van der Waals surface area (Å²) in [4.78, 5) is 46.1. The predicted molar refractivity (Wildman–Crippen MR) is 246 cm³/mol. The van der Waals surface area contributed by atoms with Gasteiger partial charge in [-0.2, -0.15) is 0 Å². The fourth-order valence-electron chi connectivity index (χ4n) is 20.7. The summed E-state index contributed by atoms with van der Waals surface area (Å²) in [6, 6.07) is 0. The van der Waals surface area contributed by atoms with Gasteiger partial charge >= 0.3 is 23.9 Å². The Labute approximate surface area is 409 Å². The summed E-state index contributed by atoms with van der Waals surface area (Å²) in [5.41, 5.74) is -10.7. The molecule has 0 amide bonds. The first-order chi connectivity index (χ1) is 32.1. The molecule has 70 heavy (non-hydrogen) atoms. The first kappa shape index (κ1) is 52.3. The van der Waals surface area contributed by atoms with Gasteiger partial charge in [0.25, 0.3) is 0 Å². The van der Waals surface area contributed by atoms with Crippen LogP contribution >= 0.6 is 0 Å². The van der Waals surface area contributed by atoms with Crippen molar-refractivity contribution in [2.75, 3.05) is 14.2 Å². The number of ether oxygens (including phenoxy) is 2. The number of methoxy groups -OCH3 is 2. The van der Waals surface area contributed by atoms with Crippen molar-refractivity contribution in [2.24, 2.45) is 69.0 Å². The normalized spacial score (nSPS) is 52.4. The molecule has 6 N–H and O–H groups in total. The minimum absolute atomic E-state index is 0.00934. The second kappa shape index (κ2) is 16.5. The van der Waals surface area contributed by atoms with Gasteiger partial charge in [-0.05, 0) is 174 Å². The number of halogens is 4. The van der Waals surface area contributed by atoms with Gasteiger partial charge in [-0.1, -0.05) is 27.7 Å². The van der Waals surface area contributed by atoms with Gasteiger partial charge in [0, 0.05) is 25.7 Å². The van der Waals surface area contributed by atoms with E-state index in [1.807, 2.05) is 6.92 Å². The Morgan fingerprint density at radius 3 is 0.829 bits per heavy atom. The van der Waals surface area contributed by atoms with Gasteiger partial charge in [0.15, 0.2) is 0 Å². The molecule has 12 nitrogen and oxygen atoms in total. The molecular formula is C54H80F4O12. The van der Waals surface area contributed by atoms with Crippen molar-refractivity contribution in [3.05, 3.63) is 0 Å². The number of hydrogen-bond donors (Lipinski definition) is 6. The smallest absolute Gasteiger partial charge is 0.308 e. The highest BCUT2D eigenvalue weighted by atomic mass is 19.2. The van der Waals surface area contributed by atoms with Crippen LogP contribution in [0.25, 0.3) is 0 Å². The third-order valence-electron chi connectivity index (χ3n) is 21.6. The Morgan fingerprint density at radius 2 is 0.600 bits per heavy atom. The SMILES string of the molecule is COC(=O)[C@@H](C)C12CC3CC(F)(CC(F)(C3)C1)C2.COC(=O)[C@@H](C)C12CC3CC(O)(CC(O)(C3)C1)C2.C[C@H](C(=O)O)C12CC3CC(F)(CC(F)(C3)C1)C2.C[C@H](C(=O)O)C12CC3CC(O)(CC(O)(C3)C1)C2. The number of hydrogen-bond acceptors (Lipinski definition) is 10. The van der Waals surface area contributed by atoms with Gasteiger partial charge in [0.2, 0.25) is 0 Å². The molecule has 0 aromatic rings. The fourth-order valence-corrected chi connectivity index (χ4v) is 20.7. The maximum absolute atomic E-state index is 14.7. The maximum atomic E-state index is 14.7. The van der Waals surface area contributed by atoms with Gasteiger partial charge < -0.3 is 40.1 Å². The molecule has 16 aliphatic carbocycles. The van der Waals surface area contributed by atoms with Crippen LogP contribution in [0.15, 0.2) is 0 Å². The molecule has 16 heteroatoms. The van der Waals surface area contributed by atoms with Crippen LogP contribution in [0, 0.1) is 69.0 Å². The molecule has 16 saturated carbocycles. The summed E-state index contributed by atoms with van der Waals surface area (Å²) in [6.45, 7) is 6.99. The average Bonchev–Trinajstić information content (AvgIpc) is 3.17. The van der Waals surface area contributed by atoms with Crippen LogP contribution in [0.1, 0.15) is 182 Å². The molecule has 0 radical (unpaired) electrons. The highest BCUT2D eigenvalue weighted by Gasteiger charge is 2.70. The second-order valence-electron chi connectivity index (χ2n) is 27.6. The lowest BCUT2D eigenvalue weighted by atomic mass is 9.43. The van der Waals surface area contributed by atoms with E-state index in [4.69, 9.17) is 14.6 Å². The van der Waals surface area contributed by atoms with Crippen LogP contribution in [0.5, 0.6) is 0 Å². The number of carboxylic acid groups (broad SMARTS) is 2. The van der Waals surface area contributed by atoms with Crippen LogP contribution in [-0.2, 0) is 28.7 Å². The van der Waals surface area contributed by atoms with E-state index in [0.29, 0.717) is 95.3 Å². The molecule has 0 aromatic heterocycles. The number of alkyl halides is 4. The van der Waals surface area contributed by atoms with Gasteiger partial charge in [-0.25, -0.2) is 17.6 Å². The summed E-state index contributed by atoms with van der Waals surface area (Å²) in [5, 5.41) is 60.7. The summed E-state index contributed by atoms with van der Waals surface area (Å²) >= 11 is 0. The van der Waals surface area contributed by atoms with Crippen LogP contribution < -0.4 is 0 Å². The zero-order chi connectivity index (χ0) is 51.3. The van der Waals surface area contributed by atoms with Gasteiger partial charge in [-0.3, -0.25) is 19.2 Å². The molecule has 16 rings (SSSR count). The zero-order valence-corrected chi connectivity index (χ0v) is 42.2. The molecule has 0 heterocycles. The molecule has 12 atom stereocenters. The summed E-state index contributed by atoms with van der Waals surface area (Å²) < 4.78 is 68.2. The van der Waals surface area contributed by atoms with E-state index in [1.54, 1.807) is 20.8 Å².